The van der Waals surface area contributed by atoms with E-state index in [1.165, 1.54) is 12.1 Å². The molecule has 0 unspecified atom stereocenters. The summed E-state index contributed by atoms with van der Waals surface area (Å²) in [5, 5.41) is 10.8. The minimum atomic E-state index is -0.797. The normalized spacial score (nSPS) is 11.5. The molecule has 0 aliphatic rings. The standard InChI is InChI=1S/C21H20FN3O4/c1-3-29-17-7-5-4-6-16(17)25-20(27)18(19(26)24-21(25)28)13(2)23-12-14-8-10-15(22)11-9-14/h4-11,27H,3,12H2,1-2H3,(H,24,26,28). The minimum Gasteiger partial charge on any atom is -0.493 e. The maximum Gasteiger partial charge on any atom is 0.335 e. The third-order valence-electron chi connectivity index (χ3n) is 4.27. The number of para-hydroxylation sites is 2. The lowest BCUT2D eigenvalue weighted by Crippen LogP contribution is -2.33. The van der Waals surface area contributed by atoms with E-state index in [9.17, 15) is 19.1 Å². The van der Waals surface area contributed by atoms with Crippen molar-refractivity contribution in [1.82, 2.24) is 9.55 Å². The summed E-state index contributed by atoms with van der Waals surface area (Å²) in [6.07, 6.45) is 0. The first kappa shape index (κ1) is 20.1. The average molecular weight is 397 g/mol. The van der Waals surface area contributed by atoms with Gasteiger partial charge in [0.1, 0.15) is 17.1 Å². The van der Waals surface area contributed by atoms with Crippen LogP contribution in [0.2, 0.25) is 0 Å². The fourth-order valence-electron chi connectivity index (χ4n) is 2.87. The third kappa shape index (κ3) is 4.26. The van der Waals surface area contributed by atoms with Gasteiger partial charge in [0.25, 0.3) is 5.56 Å². The summed E-state index contributed by atoms with van der Waals surface area (Å²) in [4.78, 5) is 31.3. The Hall–Kier alpha value is -3.68. The van der Waals surface area contributed by atoms with Crippen molar-refractivity contribution in [3.63, 3.8) is 0 Å². The molecule has 7 nitrogen and oxygen atoms in total. The lowest BCUT2D eigenvalue weighted by molar-refractivity contribution is 0.336. The van der Waals surface area contributed by atoms with E-state index in [0.717, 1.165) is 10.1 Å². The molecule has 0 fully saturated rings. The molecule has 1 aromatic heterocycles. The summed E-state index contributed by atoms with van der Waals surface area (Å²) >= 11 is 0. The Morgan fingerprint density at radius 3 is 2.55 bits per heavy atom. The van der Waals surface area contributed by atoms with Gasteiger partial charge in [-0.2, -0.15) is 0 Å². The molecule has 0 aliphatic carbocycles. The number of aromatic hydroxyl groups is 1. The molecule has 2 N–H and O–H groups in total. The highest BCUT2D eigenvalue weighted by atomic mass is 19.1. The molecule has 1 heterocycles. The van der Waals surface area contributed by atoms with Crippen LogP contribution in [0.1, 0.15) is 25.0 Å². The molecule has 3 rings (SSSR count). The lowest BCUT2D eigenvalue weighted by atomic mass is 10.2. The molecular formula is C21H20FN3O4. The molecule has 0 atom stereocenters. The van der Waals surface area contributed by atoms with Crippen molar-refractivity contribution in [2.75, 3.05) is 6.61 Å². The van der Waals surface area contributed by atoms with Crippen molar-refractivity contribution in [3.8, 4) is 17.3 Å². The quantitative estimate of drug-likeness (QED) is 0.625. The maximum atomic E-state index is 13.0. The number of benzene rings is 2. The zero-order chi connectivity index (χ0) is 21.0. The van der Waals surface area contributed by atoms with Crippen molar-refractivity contribution in [1.29, 1.82) is 0 Å². The van der Waals surface area contributed by atoms with Crippen LogP contribution in [-0.4, -0.2) is 27.0 Å². The highest BCUT2D eigenvalue weighted by Crippen LogP contribution is 2.25. The van der Waals surface area contributed by atoms with Gasteiger partial charge in [-0.15, -0.1) is 0 Å². The molecule has 0 spiro atoms. The van der Waals surface area contributed by atoms with Crippen LogP contribution in [-0.2, 0) is 6.54 Å². The Morgan fingerprint density at radius 2 is 1.86 bits per heavy atom. The first-order valence-electron chi connectivity index (χ1n) is 8.98. The number of aromatic nitrogens is 2. The van der Waals surface area contributed by atoms with Crippen LogP contribution >= 0.6 is 0 Å². The van der Waals surface area contributed by atoms with Crippen LogP contribution < -0.4 is 16.0 Å². The van der Waals surface area contributed by atoms with Crippen LogP contribution in [0.25, 0.3) is 5.69 Å². The highest BCUT2D eigenvalue weighted by molar-refractivity contribution is 6.00. The summed E-state index contributed by atoms with van der Waals surface area (Å²) in [5.74, 6) is -0.513. The molecule has 2 aromatic carbocycles. The molecule has 8 heteroatoms. The molecule has 3 aromatic rings. The van der Waals surface area contributed by atoms with Gasteiger partial charge in [-0.05, 0) is 43.7 Å². The summed E-state index contributed by atoms with van der Waals surface area (Å²) in [6.45, 7) is 3.89. The number of aromatic amines is 1. The lowest BCUT2D eigenvalue weighted by Gasteiger charge is -2.15. The van der Waals surface area contributed by atoms with E-state index < -0.39 is 17.1 Å². The van der Waals surface area contributed by atoms with E-state index in [4.69, 9.17) is 4.74 Å². The van der Waals surface area contributed by atoms with Gasteiger partial charge < -0.3 is 9.84 Å². The Balaban J connectivity index is 2.08. The van der Waals surface area contributed by atoms with Crippen molar-refractivity contribution in [3.05, 3.63) is 86.3 Å². The van der Waals surface area contributed by atoms with Crippen LogP contribution in [0.5, 0.6) is 11.6 Å². The van der Waals surface area contributed by atoms with Gasteiger partial charge in [0, 0.05) is 0 Å². The van der Waals surface area contributed by atoms with Crippen LogP contribution in [0.15, 0.2) is 63.1 Å². The van der Waals surface area contributed by atoms with Gasteiger partial charge in [0.15, 0.2) is 0 Å². The SMILES string of the molecule is CCOc1ccccc1-n1c(O)c(C(C)=NCc2ccc(F)cc2)c(=O)[nH]c1=O. The maximum absolute atomic E-state index is 13.0. The van der Waals surface area contributed by atoms with E-state index in [2.05, 4.69) is 9.98 Å². The summed E-state index contributed by atoms with van der Waals surface area (Å²) in [5.41, 5.74) is -0.418. The summed E-state index contributed by atoms with van der Waals surface area (Å²) in [7, 11) is 0. The second kappa shape index (κ2) is 8.55. The third-order valence-corrected chi connectivity index (χ3v) is 4.27. The molecular weight excluding hydrogens is 377 g/mol. The topological polar surface area (TPSA) is 96.7 Å². The monoisotopic (exact) mass is 397 g/mol. The van der Waals surface area contributed by atoms with E-state index in [-0.39, 0.29) is 23.6 Å². The predicted molar refractivity (Wildman–Crippen MR) is 108 cm³/mol. The van der Waals surface area contributed by atoms with Gasteiger partial charge in [0.2, 0.25) is 5.88 Å². The largest absolute Gasteiger partial charge is 0.493 e. The number of nitrogens with zero attached hydrogens (tertiary/aromatic N) is 2. The van der Waals surface area contributed by atoms with Gasteiger partial charge in [-0.3, -0.25) is 14.8 Å². The molecule has 29 heavy (non-hydrogen) atoms. The first-order chi connectivity index (χ1) is 13.9. The second-order valence-corrected chi connectivity index (χ2v) is 6.22. The Kier molecular flexibility index (Phi) is 5.92. The van der Waals surface area contributed by atoms with Crippen molar-refractivity contribution >= 4 is 5.71 Å². The Bertz CT molecular complexity index is 1160. The molecule has 0 bridgehead atoms. The van der Waals surface area contributed by atoms with Gasteiger partial charge in [-0.1, -0.05) is 24.3 Å². The van der Waals surface area contributed by atoms with E-state index in [0.29, 0.717) is 18.0 Å². The number of aliphatic imine (C=N–C) groups is 1. The number of nitrogens with one attached hydrogen (secondary N) is 1. The zero-order valence-electron chi connectivity index (χ0n) is 16.0. The van der Waals surface area contributed by atoms with Crippen molar-refractivity contribution in [2.45, 2.75) is 20.4 Å². The molecule has 150 valence electrons. The van der Waals surface area contributed by atoms with E-state index >= 15 is 0 Å². The van der Waals surface area contributed by atoms with Gasteiger partial charge in [0.05, 0.1) is 24.6 Å². The predicted octanol–water partition coefficient (Wildman–Crippen LogP) is 2.78. The summed E-state index contributed by atoms with van der Waals surface area (Å²) < 4.78 is 19.5. The molecule has 0 aliphatic heterocycles. The molecule has 0 radical (unpaired) electrons. The average Bonchev–Trinajstić information content (AvgIpc) is 2.68. The fourth-order valence-corrected chi connectivity index (χ4v) is 2.87. The van der Waals surface area contributed by atoms with Crippen LogP contribution in [0.4, 0.5) is 4.39 Å². The van der Waals surface area contributed by atoms with Crippen molar-refractivity contribution < 1.29 is 14.2 Å². The van der Waals surface area contributed by atoms with Crippen LogP contribution in [0, 0.1) is 5.82 Å². The number of H-pyrrole nitrogens is 1. The zero-order valence-corrected chi connectivity index (χ0v) is 16.0. The molecule has 0 amide bonds. The second-order valence-electron chi connectivity index (χ2n) is 6.22. The first-order valence-corrected chi connectivity index (χ1v) is 8.98. The highest BCUT2D eigenvalue weighted by Gasteiger charge is 2.19. The number of rotatable bonds is 6. The molecule has 0 saturated carbocycles. The Morgan fingerprint density at radius 1 is 1.17 bits per heavy atom. The Labute approximate surface area is 165 Å². The minimum absolute atomic E-state index is 0.127. The van der Waals surface area contributed by atoms with Gasteiger partial charge in [-0.25, -0.2) is 13.8 Å². The summed E-state index contributed by atoms with van der Waals surface area (Å²) in [6, 6.07) is 12.5. The fraction of sp³-hybridized carbons (Fsp3) is 0.190. The number of hydrogen-bond acceptors (Lipinski definition) is 5. The van der Waals surface area contributed by atoms with E-state index in [1.54, 1.807) is 50.2 Å². The van der Waals surface area contributed by atoms with Crippen molar-refractivity contribution in [2.24, 2.45) is 4.99 Å². The number of ether oxygens (including phenoxy) is 1. The van der Waals surface area contributed by atoms with Gasteiger partial charge >= 0.3 is 5.69 Å². The van der Waals surface area contributed by atoms with Crippen LogP contribution in [0.3, 0.4) is 0 Å². The van der Waals surface area contributed by atoms with E-state index in [1.807, 2.05) is 0 Å². The number of halogens is 1. The number of hydrogen-bond donors (Lipinski definition) is 2. The molecule has 0 saturated heterocycles. The smallest absolute Gasteiger partial charge is 0.335 e.